The summed E-state index contributed by atoms with van der Waals surface area (Å²) in [5.41, 5.74) is 8.07. The van der Waals surface area contributed by atoms with E-state index >= 15 is 0 Å². The van der Waals surface area contributed by atoms with Crippen molar-refractivity contribution in [1.82, 2.24) is 33.9 Å². The molecule has 3 N–H and O–H groups in total. The number of fused-ring (bicyclic) bond motifs is 10. The number of hydrogen-bond acceptors (Lipinski definition) is 14. The topological polar surface area (TPSA) is 163 Å². The largest absolute Gasteiger partial charge is 0.462 e. The van der Waals surface area contributed by atoms with E-state index in [1.54, 1.807) is 13.0 Å². The van der Waals surface area contributed by atoms with Crippen LogP contribution in [-0.2, 0) is 4.74 Å². The van der Waals surface area contributed by atoms with Gasteiger partial charge < -0.3 is 35.4 Å². The van der Waals surface area contributed by atoms with E-state index in [-0.39, 0.29) is 40.5 Å². The van der Waals surface area contributed by atoms with Crippen LogP contribution in [0.2, 0.25) is 0 Å². The van der Waals surface area contributed by atoms with Gasteiger partial charge >= 0.3 is 5.97 Å². The van der Waals surface area contributed by atoms with Crippen LogP contribution in [0.25, 0.3) is 52.2 Å². The summed E-state index contributed by atoms with van der Waals surface area (Å²) in [7, 11) is 4.24. The van der Waals surface area contributed by atoms with E-state index in [0.29, 0.717) is 37.8 Å². The lowest BCUT2D eigenvalue weighted by Crippen LogP contribution is -2.44. The van der Waals surface area contributed by atoms with Crippen molar-refractivity contribution < 1.29 is 14.3 Å². The summed E-state index contributed by atoms with van der Waals surface area (Å²) in [6.45, 7) is 9.44. The van der Waals surface area contributed by atoms with Gasteiger partial charge in [-0.05, 0) is 95.2 Å². The molecule has 65 heavy (non-hydrogen) atoms. The van der Waals surface area contributed by atoms with E-state index in [9.17, 15) is 19.2 Å². The lowest BCUT2D eigenvalue weighted by molar-refractivity contribution is 0.0527. The zero-order valence-corrected chi connectivity index (χ0v) is 38.4. The summed E-state index contributed by atoms with van der Waals surface area (Å²) < 4.78 is 11.2. The first kappa shape index (κ1) is 42.9. The molecule has 0 spiro atoms. The molecular formula is C48H52N10O5S2. The van der Waals surface area contributed by atoms with E-state index in [1.165, 1.54) is 35.5 Å². The van der Waals surface area contributed by atoms with Crippen molar-refractivity contribution in [2.45, 2.75) is 44.7 Å². The second kappa shape index (κ2) is 17.8. The Bertz CT molecular complexity index is 3250. The van der Waals surface area contributed by atoms with Gasteiger partial charge in [0.15, 0.2) is 11.3 Å². The van der Waals surface area contributed by atoms with Crippen molar-refractivity contribution in [2.24, 2.45) is 5.73 Å². The summed E-state index contributed by atoms with van der Waals surface area (Å²) in [6.07, 6.45) is 4.48. The first-order valence-electron chi connectivity index (χ1n) is 22.4. The van der Waals surface area contributed by atoms with Crippen molar-refractivity contribution in [3.8, 4) is 0 Å². The maximum absolute atomic E-state index is 13.5. The highest BCUT2D eigenvalue weighted by Crippen LogP contribution is 2.34. The number of carbonyl (C=O) groups excluding carboxylic acids is 2. The zero-order valence-electron chi connectivity index (χ0n) is 36.8. The summed E-state index contributed by atoms with van der Waals surface area (Å²) in [5, 5.41) is 3.91. The Morgan fingerprint density at radius 2 is 1.11 bits per heavy atom. The van der Waals surface area contributed by atoms with E-state index in [1.807, 2.05) is 75.5 Å². The third-order valence-corrected chi connectivity index (χ3v) is 14.7. The van der Waals surface area contributed by atoms with Gasteiger partial charge in [-0.25, -0.2) is 14.8 Å². The van der Waals surface area contributed by atoms with Gasteiger partial charge in [0.2, 0.25) is 10.9 Å². The predicted molar refractivity (Wildman–Crippen MR) is 262 cm³/mol. The highest BCUT2D eigenvalue weighted by atomic mass is 32.1. The predicted octanol–water partition coefficient (Wildman–Crippen LogP) is 5.80. The molecule has 4 aliphatic rings. The molecule has 336 valence electrons. The molecule has 17 heteroatoms. The van der Waals surface area contributed by atoms with E-state index in [0.717, 1.165) is 97.3 Å². The van der Waals surface area contributed by atoms with E-state index in [2.05, 4.69) is 39.0 Å². The molecule has 0 unspecified atom stereocenters. The molecule has 15 nitrogen and oxygen atoms in total. The third-order valence-electron chi connectivity index (χ3n) is 12.4. The Kier molecular flexibility index (Phi) is 11.7. The molecule has 12 rings (SSSR count). The summed E-state index contributed by atoms with van der Waals surface area (Å²) in [4.78, 5) is 72.7. The lowest BCUT2D eigenvalue weighted by Gasteiger charge is -2.33. The first-order chi connectivity index (χ1) is 31.6. The standard InChI is InChI=1S/C23H23N5O2S.C22H22N4O3S.C3H7N/c1-26-10-12-27(13-11-26)18-9-8-15-20(29)19(22(30)24-14-6-7-14)23-28(21(15)25-18)16-4-2-3-5-17(16)31-23;1-3-29-22(28)18-19(27)14-8-9-17(25-12-10-24(2)11-13-25)23-20(14)26-15-6-4-5-7-16(15)30-21(18)26;4-3-1-2-3/h2-5,8-9,14H,6-7,10-13H2,1H3,(H,24,30);4-9H,3,10-13H2,1-2H3;3H,1-2,4H2. The summed E-state index contributed by atoms with van der Waals surface area (Å²) in [6, 6.07) is 24.1. The second-order valence-corrected chi connectivity index (χ2v) is 19.4. The van der Waals surface area contributed by atoms with E-state index in [4.69, 9.17) is 20.4 Å². The molecule has 2 aromatic carbocycles. The number of rotatable bonds is 6. The number of ether oxygens (including phenoxy) is 1. The quantitative estimate of drug-likeness (QED) is 0.193. The molecule has 8 heterocycles. The van der Waals surface area contributed by atoms with Gasteiger partial charge in [-0.1, -0.05) is 24.3 Å². The Morgan fingerprint density at radius 3 is 1.55 bits per heavy atom. The molecule has 0 bridgehead atoms. The van der Waals surface area contributed by atoms with Crippen LogP contribution in [0.1, 0.15) is 53.3 Å². The number of amides is 1. The number of likely N-dealkylation sites (N-methyl/N-ethyl adjacent to an activating group) is 2. The van der Waals surface area contributed by atoms with Crippen molar-refractivity contribution in [3.05, 3.63) is 104 Å². The minimum absolute atomic E-state index is 0.0831. The summed E-state index contributed by atoms with van der Waals surface area (Å²) >= 11 is 2.89. The van der Waals surface area contributed by atoms with Crippen molar-refractivity contribution in [2.75, 3.05) is 82.9 Å². The highest BCUT2D eigenvalue weighted by Gasteiger charge is 2.29. The molecule has 2 aliphatic heterocycles. The van der Waals surface area contributed by atoms with Gasteiger partial charge in [-0.2, -0.15) is 0 Å². The van der Waals surface area contributed by atoms with Gasteiger partial charge in [0.25, 0.3) is 5.91 Å². The Hall–Kier alpha value is -5.98. The van der Waals surface area contributed by atoms with Crippen molar-refractivity contribution >= 4 is 98.3 Å². The van der Waals surface area contributed by atoms with Gasteiger partial charge in [0.1, 0.15) is 32.4 Å². The molecule has 4 fully saturated rings. The van der Waals surface area contributed by atoms with Crippen LogP contribution in [0, 0.1) is 0 Å². The van der Waals surface area contributed by atoms with E-state index < -0.39 is 5.97 Å². The van der Waals surface area contributed by atoms with Gasteiger partial charge in [0.05, 0.1) is 37.8 Å². The molecule has 0 atom stereocenters. The minimum Gasteiger partial charge on any atom is -0.462 e. The lowest BCUT2D eigenvalue weighted by atomic mass is 10.1. The van der Waals surface area contributed by atoms with Crippen molar-refractivity contribution in [3.63, 3.8) is 0 Å². The Morgan fingerprint density at radius 1 is 0.662 bits per heavy atom. The number of piperazine rings is 2. The fourth-order valence-corrected chi connectivity index (χ4v) is 10.7. The number of anilines is 2. The van der Waals surface area contributed by atoms with Crippen LogP contribution in [-0.4, -0.2) is 126 Å². The maximum Gasteiger partial charge on any atom is 0.345 e. The number of hydrogen-bond donors (Lipinski definition) is 2. The van der Waals surface area contributed by atoms with Crippen molar-refractivity contribution in [1.29, 1.82) is 0 Å². The minimum atomic E-state index is -0.586. The Labute approximate surface area is 382 Å². The first-order valence-corrected chi connectivity index (χ1v) is 24.1. The molecule has 2 saturated carbocycles. The monoisotopic (exact) mass is 912 g/mol. The van der Waals surface area contributed by atoms with Crippen LogP contribution in [0.15, 0.2) is 82.4 Å². The maximum atomic E-state index is 13.5. The van der Waals surface area contributed by atoms with Gasteiger partial charge in [-0.3, -0.25) is 23.2 Å². The van der Waals surface area contributed by atoms with Gasteiger partial charge in [0, 0.05) is 64.4 Å². The number of benzene rings is 2. The molecule has 2 aliphatic carbocycles. The van der Waals surface area contributed by atoms with Crippen LogP contribution in [0.3, 0.4) is 0 Å². The molecule has 1 amide bonds. The number of para-hydroxylation sites is 2. The third kappa shape index (κ3) is 8.42. The van der Waals surface area contributed by atoms with Crippen LogP contribution < -0.4 is 31.7 Å². The zero-order chi connectivity index (χ0) is 44.9. The van der Waals surface area contributed by atoms with Crippen LogP contribution >= 0.6 is 22.7 Å². The number of carbonyl (C=O) groups is 2. The number of thiazole rings is 2. The Balaban J connectivity index is 0.000000141. The fourth-order valence-electron chi connectivity index (χ4n) is 8.35. The highest BCUT2D eigenvalue weighted by molar-refractivity contribution is 7.24. The van der Waals surface area contributed by atoms with Crippen LogP contribution in [0.5, 0.6) is 0 Å². The summed E-state index contributed by atoms with van der Waals surface area (Å²) in [5.74, 6) is 0.862. The number of pyridine rings is 4. The number of nitrogens with one attached hydrogen (secondary N) is 1. The molecule has 8 aromatic rings. The number of nitrogens with two attached hydrogens (primary N) is 1. The molecule has 0 radical (unpaired) electrons. The second-order valence-electron chi connectivity index (χ2n) is 17.3. The number of nitrogens with zero attached hydrogens (tertiary/aromatic N) is 8. The molecule has 6 aromatic heterocycles. The average molecular weight is 913 g/mol. The average Bonchev–Trinajstić information content (AvgIpc) is 4.23. The fraction of sp³-hybridized carbons (Fsp3) is 0.375. The molecular weight excluding hydrogens is 861 g/mol. The molecule has 2 saturated heterocycles. The smallest absolute Gasteiger partial charge is 0.345 e. The normalized spacial score (nSPS) is 17.1. The number of aromatic nitrogens is 4. The van der Waals surface area contributed by atoms with Gasteiger partial charge in [-0.15, -0.1) is 22.7 Å². The van der Waals surface area contributed by atoms with Crippen LogP contribution in [0.4, 0.5) is 11.6 Å². The SMILES string of the molecule is CCOC(=O)c1c(=O)c2ccc(N3CCN(C)CC3)nc2n2c1sc1ccccc12.CN1CCN(c2ccc3c(=O)c(C(=O)NC4CC4)c4sc5ccccc5n4c3n2)CC1.NC1CC1. The number of esters is 1.